The van der Waals surface area contributed by atoms with Gasteiger partial charge in [-0.1, -0.05) is 45.0 Å². The molecule has 0 aliphatic heterocycles. The highest BCUT2D eigenvalue weighted by molar-refractivity contribution is 5.26. The predicted octanol–water partition coefficient (Wildman–Crippen LogP) is 3.63. The van der Waals surface area contributed by atoms with E-state index >= 15 is 0 Å². The van der Waals surface area contributed by atoms with Gasteiger partial charge in [-0.25, -0.2) is 0 Å². The van der Waals surface area contributed by atoms with Crippen LogP contribution >= 0.6 is 0 Å². The molecule has 1 aromatic rings. The van der Waals surface area contributed by atoms with Crippen LogP contribution in [0.15, 0.2) is 24.3 Å². The zero-order chi connectivity index (χ0) is 12.7. The molecule has 2 nitrogen and oxygen atoms in total. The standard InChI is InChI=1S/C15H25NO/c1-4-10-17-11-9-15(16)14-7-5-13(6-8-14)12(2)3/h5-8,12,15H,4,9-11,16H2,1-3H3. The second kappa shape index (κ2) is 7.46. The Bertz CT molecular complexity index is 305. The highest BCUT2D eigenvalue weighted by Crippen LogP contribution is 2.19. The minimum absolute atomic E-state index is 0.0908. The van der Waals surface area contributed by atoms with Crippen molar-refractivity contribution in [3.63, 3.8) is 0 Å². The van der Waals surface area contributed by atoms with Crippen molar-refractivity contribution >= 4 is 0 Å². The first-order valence-corrected chi connectivity index (χ1v) is 6.58. The van der Waals surface area contributed by atoms with Crippen molar-refractivity contribution in [1.29, 1.82) is 0 Å². The van der Waals surface area contributed by atoms with Crippen molar-refractivity contribution < 1.29 is 4.74 Å². The van der Waals surface area contributed by atoms with Crippen LogP contribution in [0.2, 0.25) is 0 Å². The van der Waals surface area contributed by atoms with Gasteiger partial charge < -0.3 is 10.5 Å². The van der Waals surface area contributed by atoms with Crippen molar-refractivity contribution in [3.8, 4) is 0 Å². The maximum absolute atomic E-state index is 6.12. The fraction of sp³-hybridized carbons (Fsp3) is 0.600. The van der Waals surface area contributed by atoms with Crippen molar-refractivity contribution in [2.45, 2.75) is 45.6 Å². The summed E-state index contributed by atoms with van der Waals surface area (Å²) >= 11 is 0. The minimum Gasteiger partial charge on any atom is -0.381 e. The van der Waals surface area contributed by atoms with Crippen LogP contribution in [0, 0.1) is 0 Å². The van der Waals surface area contributed by atoms with Crippen LogP contribution in [0.5, 0.6) is 0 Å². The Labute approximate surface area is 105 Å². The van der Waals surface area contributed by atoms with Gasteiger partial charge in [-0.15, -0.1) is 0 Å². The molecule has 2 N–H and O–H groups in total. The van der Waals surface area contributed by atoms with Crippen LogP contribution in [-0.2, 0) is 4.74 Å². The van der Waals surface area contributed by atoms with E-state index in [9.17, 15) is 0 Å². The van der Waals surface area contributed by atoms with Gasteiger partial charge in [0.05, 0.1) is 0 Å². The minimum atomic E-state index is 0.0908. The summed E-state index contributed by atoms with van der Waals surface area (Å²) in [6, 6.07) is 8.71. The largest absolute Gasteiger partial charge is 0.381 e. The summed E-state index contributed by atoms with van der Waals surface area (Å²) in [7, 11) is 0. The number of rotatable bonds is 7. The van der Waals surface area contributed by atoms with Crippen molar-refractivity contribution in [2.75, 3.05) is 13.2 Å². The van der Waals surface area contributed by atoms with Gasteiger partial charge in [0, 0.05) is 19.3 Å². The van der Waals surface area contributed by atoms with Crippen LogP contribution in [0.3, 0.4) is 0 Å². The fourth-order valence-electron chi connectivity index (χ4n) is 1.75. The molecule has 0 aliphatic rings. The zero-order valence-corrected chi connectivity index (χ0v) is 11.3. The third-order valence-electron chi connectivity index (χ3n) is 2.95. The third kappa shape index (κ3) is 4.88. The molecule has 0 fully saturated rings. The molecule has 0 radical (unpaired) electrons. The molecule has 0 aliphatic carbocycles. The first-order chi connectivity index (χ1) is 8.15. The van der Waals surface area contributed by atoms with Crippen molar-refractivity contribution in [1.82, 2.24) is 0 Å². The summed E-state index contributed by atoms with van der Waals surface area (Å²) in [5.74, 6) is 0.577. The molecule has 0 bridgehead atoms. The van der Waals surface area contributed by atoms with Crippen LogP contribution in [0.25, 0.3) is 0 Å². The van der Waals surface area contributed by atoms with Gasteiger partial charge in [0.1, 0.15) is 0 Å². The Kier molecular flexibility index (Phi) is 6.23. The molecule has 0 heterocycles. The van der Waals surface area contributed by atoms with E-state index in [1.165, 1.54) is 11.1 Å². The summed E-state index contributed by atoms with van der Waals surface area (Å²) in [4.78, 5) is 0. The zero-order valence-electron chi connectivity index (χ0n) is 11.3. The third-order valence-corrected chi connectivity index (χ3v) is 2.95. The van der Waals surface area contributed by atoms with Gasteiger partial charge in [-0.3, -0.25) is 0 Å². The van der Waals surface area contributed by atoms with Gasteiger partial charge in [0.25, 0.3) is 0 Å². The summed E-state index contributed by atoms with van der Waals surface area (Å²) in [6.45, 7) is 8.10. The first-order valence-electron chi connectivity index (χ1n) is 6.58. The summed E-state index contributed by atoms with van der Waals surface area (Å²) in [6.07, 6.45) is 1.96. The molecule has 1 rings (SSSR count). The molecule has 2 heteroatoms. The number of hydrogen-bond acceptors (Lipinski definition) is 2. The molecule has 0 saturated carbocycles. The van der Waals surface area contributed by atoms with Crippen LogP contribution in [0.1, 0.15) is 56.7 Å². The number of benzene rings is 1. The topological polar surface area (TPSA) is 35.2 Å². The second-order valence-corrected chi connectivity index (χ2v) is 4.83. The second-order valence-electron chi connectivity index (χ2n) is 4.83. The van der Waals surface area contributed by atoms with Gasteiger partial charge in [-0.05, 0) is 29.9 Å². The lowest BCUT2D eigenvalue weighted by Crippen LogP contribution is -2.13. The van der Waals surface area contributed by atoms with E-state index in [4.69, 9.17) is 10.5 Å². The lowest BCUT2D eigenvalue weighted by Gasteiger charge is -2.13. The van der Waals surface area contributed by atoms with E-state index in [1.54, 1.807) is 0 Å². The Morgan fingerprint density at radius 3 is 2.18 bits per heavy atom. The lowest BCUT2D eigenvalue weighted by molar-refractivity contribution is 0.128. The molecule has 1 unspecified atom stereocenters. The van der Waals surface area contributed by atoms with E-state index in [-0.39, 0.29) is 6.04 Å². The van der Waals surface area contributed by atoms with E-state index < -0.39 is 0 Å². The van der Waals surface area contributed by atoms with Crippen LogP contribution in [-0.4, -0.2) is 13.2 Å². The molecule has 96 valence electrons. The number of nitrogens with two attached hydrogens (primary N) is 1. The molecule has 0 aromatic heterocycles. The molecule has 17 heavy (non-hydrogen) atoms. The normalized spacial score (nSPS) is 13.0. The van der Waals surface area contributed by atoms with Crippen molar-refractivity contribution in [2.24, 2.45) is 5.73 Å². The highest BCUT2D eigenvalue weighted by Gasteiger charge is 2.06. The molecule has 0 saturated heterocycles. The van der Waals surface area contributed by atoms with Gasteiger partial charge in [0.15, 0.2) is 0 Å². The maximum atomic E-state index is 6.12. The maximum Gasteiger partial charge on any atom is 0.0484 e. The smallest absolute Gasteiger partial charge is 0.0484 e. The summed E-state index contributed by atoms with van der Waals surface area (Å²) in [5.41, 5.74) is 8.69. The molecule has 0 amide bonds. The monoisotopic (exact) mass is 235 g/mol. The SMILES string of the molecule is CCCOCCC(N)c1ccc(C(C)C)cc1. The van der Waals surface area contributed by atoms with Gasteiger partial charge in [-0.2, -0.15) is 0 Å². The fourth-order valence-corrected chi connectivity index (χ4v) is 1.75. The Morgan fingerprint density at radius 1 is 1.06 bits per heavy atom. The van der Waals surface area contributed by atoms with Gasteiger partial charge >= 0.3 is 0 Å². The Morgan fingerprint density at radius 2 is 1.65 bits per heavy atom. The quantitative estimate of drug-likeness (QED) is 0.732. The number of ether oxygens (including phenoxy) is 1. The van der Waals surface area contributed by atoms with Crippen LogP contribution < -0.4 is 5.73 Å². The molecule has 0 spiro atoms. The van der Waals surface area contributed by atoms with E-state index in [1.807, 2.05) is 0 Å². The van der Waals surface area contributed by atoms with E-state index in [0.29, 0.717) is 5.92 Å². The molecule has 1 aromatic carbocycles. The Balaban J connectivity index is 2.43. The van der Waals surface area contributed by atoms with E-state index in [0.717, 1.165) is 26.1 Å². The number of hydrogen-bond donors (Lipinski definition) is 1. The summed E-state index contributed by atoms with van der Waals surface area (Å²) < 4.78 is 5.46. The average Bonchev–Trinajstić information content (AvgIpc) is 2.34. The van der Waals surface area contributed by atoms with Gasteiger partial charge in [0.2, 0.25) is 0 Å². The molecular weight excluding hydrogens is 210 g/mol. The van der Waals surface area contributed by atoms with Crippen molar-refractivity contribution in [3.05, 3.63) is 35.4 Å². The molecule has 1 atom stereocenters. The first kappa shape index (κ1) is 14.2. The molecular formula is C15H25NO. The summed E-state index contributed by atoms with van der Waals surface area (Å²) in [5, 5.41) is 0. The van der Waals surface area contributed by atoms with Crippen LogP contribution in [0.4, 0.5) is 0 Å². The predicted molar refractivity (Wildman–Crippen MR) is 73.2 cm³/mol. The lowest BCUT2D eigenvalue weighted by atomic mass is 9.98. The Hall–Kier alpha value is -0.860. The average molecular weight is 235 g/mol. The highest BCUT2D eigenvalue weighted by atomic mass is 16.5. The van der Waals surface area contributed by atoms with E-state index in [2.05, 4.69) is 45.0 Å².